The maximum atomic E-state index is 11.5. The molecule has 0 N–H and O–H groups in total. The summed E-state index contributed by atoms with van der Waals surface area (Å²) in [7, 11) is 1.43. The Hall–Kier alpha value is -1.71. The van der Waals surface area contributed by atoms with Crippen molar-refractivity contribution < 1.29 is 9.53 Å². The van der Waals surface area contributed by atoms with Crippen LogP contribution >= 0.6 is 0 Å². The molecule has 1 aliphatic heterocycles. The molecule has 0 spiro atoms. The normalized spacial score (nSPS) is 19.8. The van der Waals surface area contributed by atoms with Crippen LogP contribution in [0.4, 0.5) is 10.5 Å². The van der Waals surface area contributed by atoms with Crippen LogP contribution in [-0.2, 0) is 4.74 Å². The number of ether oxygens (including phenoxy) is 1. The van der Waals surface area contributed by atoms with E-state index in [0.717, 1.165) is 6.54 Å². The molecule has 1 aromatic rings. The zero-order chi connectivity index (χ0) is 13.1. The third kappa shape index (κ3) is 2.58. The van der Waals surface area contributed by atoms with Gasteiger partial charge in [0.15, 0.2) is 0 Å². The molecule has 1 atom stereocenters. The van der Waals surface area contributed by atoms with E-state index in [1.54, 1.807) is 4.90 Å². The monoisotopic (exact) mass is 248 g/mol. The molecule has 0 aromatic heterocycles. The van der Waals surface area contributed by atoms with Crippen molar-refractivity contribution in [2.75, 3.05) is 31.6 Å². The maximum Gasteiger partial charge on any atom is 0.409 e. The molecule has 0 saturated carbocycles. The molecule has 1 fully saturated rings. The van der Waals surface area contributed by atoms with Crippen molar-refractivity contribution in [3.8, 4) is 0 Å². The number of methoxy groups -OCH3 is 1. The van der Waals surface area contributed by atoms with Gasteiger partial charge in [-0.05, 0) is 26.0 Å². The second kappa shape index (κ2) is 5.29. The van der Waals surface area contributed by atoms with E-state index in [1.807, 2.05) is 0 Å². The fourth-order valence-electron chi connectivity index (χ4n) is 2.37. The lowest BCUT2D eigenvalue weighted by atomic mass is 10.1. The Bertz CT molecular complexity index is 416. The van der Waals surface area contributed by atoms with Crippen molar-refractivity contribution in [3.63, 3.8) is 0 Å². The molecule has 0 unspecified atom stereocenters. The summed E-state index contributed by atoms with van der Waals surface area (Å²) in [6.45, 7) is 6.49. The second-order valence-electron chi connectivity index (χ2n) is 4.79. The van der Waals surface area contributed by atoms with Gasteiger partial charge in [-0.15, -0.1) is 0 Å². The molecule has 1 aliphatic rings. The Kier molecular flexibility index (Phi) is 3.75. The quantitative estimate of drug-likeness (QED) is 0.764. The number of aryl methyl sites for hydroxylation is 1. The molecule has 2 rings (SSSR count). The lowest BCUT2D eigenvalue weighted by Crippen LogP contribution is -2.53. The van der Waals surface area contributed by atoms with Crippen molar-refractivity contribution in [2.24, 2.45) is 0 Å². The minimum absolute atomic E-state index is 0.231. The first-order chi connectivity index (χ1) is 8.61. The van der Waals surface area contributed by atoms with Gasteiger partial charge in [-0.3, -0.25) is 0 Å². The lowest BCUT2D eigenvalue weighted by molar-refractivity contribution is 0.116. The molecular weight excluding hydrogens is 228 g/mol. The molecule has 4 nitrogen and oxygen atoms in total. The number of hydrogen-bond donors (Lipinski definition) is 0. The minimum atomic E-state index is -0.231. The van der Waals surface area contributed by atoms with Crippen LogP contribution in [0.15, 0.2) is 24.3 Å². The van der Waals surface area contributed by atoms with E-state index < -0.39 is 0 Å². The average Bonchev–Trinajstić information content (AvgIpc) is 2.39. The van der Waals surface area contributed by atoms with Crippen LogP contribution in [0.5, 0.6) is 0 Å². The van der Waals surface area contributed by atoms with Gasteiger partial charge in [0.1, 0.15) is 0 Å². The number of carbonyl (C=O) groups excluding carboxylic acids is 1. The Morgan fingerprint density at radius 2 is 1.94 bits per heavy atom. The van der Waals surface area contributed by atoms with Crippen molar-refractivity contribution in [1.82, 2.24) is 4.90 Å². The standard InChI is InChI=1S/C14H20N2O2/c1-11-4-6-13(7-5-11)16-9-8-15(10-12(16)2)14(17)18-3/h4-7,12H,8-10H2,1-3H3/t12-/m0/s1. The molecule has 4 heteroatoms. The van der Waals surface area contributed by atoms with Gasteiger partial charge in [0.05, 0.1) is 7.11 Å². The number of piperazine rings is 1. The van der Waals surface area contributed by atoms with Gasteiger partial charge < -0.3 is 14.5 Å². The summed E-state index contributed by atoms with van der Waals surface area (Å²) in [5.74, 6) is 0. The number of anilines is 1. The summed E-state index contributed by atoms with van der Waals surface area (Å²) in [6.07, 6.45) is -0.231. The van der Waals surface area contributed by atoms with E-state index in [2.05, 4.69) is 43.0 Å². The molecule has 1 saturated heterocycles. The van der Waals surface area contributed by atoms with Crippen molar-refractivity contribution in [2.45, 2.75) is 19.9 Å². The topological polar surface area (TPSA) is 32.8 Å². The number of nitrogens with zero attached hydrogens (tertiary/aromatic N) is 2. The van der Waals surface area contributed by atoms with Gasteiger partial charge in [0, 0.05) is 31.4 Å². The van der Waals surface area contributed by atoms with Crippen molar-refractivity contribution in [1.29, 1.82) is 0 Å². The zero-order valence-electron chi connectivity index (χ0n) is 11.2. The van der Waals surface area contributed by atoms with Crippen LogP contribution in [0, 0.1) is 6.92 Å². The second-order valence-corrected chi connectivity index (χ2v) is 4.79. The van der Waals surface area contributed by atoms with Crippen LogP contribution in [0.2, 0.25) is 0 Å². The summed E-state index contributed by atoms with van der Waals surface area (Å²) >= 11 is 0. The largest absolute Gasteiger partial charge is 0.453 e. The average molecular weight is 248 g/mol. The van der Waals surface area contributed by atoms with Crippen LogP contribution in [-0.4, -0.2) is 43.8 Å². The summed E-state index contributed by atoms with van der Waals surface area (Å²) in [6, 6.07) is 8.82. The highest BCUT2D eigenvalue weighted by Crippen LogP contribution is 2.21. The fraction of sp³-hybridized carbons (Fsp3) is 0.500. The predicted octanol–water partition coefficient (Wildman–Crippen LogP) is 2.27. The predicted molar refractivity (Wildman–Crippen MR) is 72.0 cm³/mol. The molecule has 0 radical (unpaired) electrons. The molecule has 0 bridgehead atoms. The van der Waals surface area contributed by atoms with Gasteiger partial charge in [-0.25, -0.2) is 4.79 Å². The molecule has 0 aliphatic carbocycles. The molecule has 1 amide bonds. The highest BCUT2D eigenvalue weighted by atomic mass is 16.5. The van der Waals surface area contributed by atoms with Crippen LogP contribution in [0.1, 0.15) is 12.5 Å². The number of rotatable bonds is 1. The highest BCUT2D eigenvalue weighted by molar-refractivity contribution is 5.68. The Morgan fingerprint density at radius 3 is 2.50 bits per heavy atom. The zero-order valence-corrected chi connectivity index (χ0v) is 11.2. The maximum absolute atomic E-state index is 11.5. The molecule has 98 valence electrons. The number of amides is 1. The van der Waals surface area contributed by atoms with Gasteiger partial charge >= 0.3 is 6.09 Å². The number of hydrogen-bond acceptors (Lipinski definition) is 3. The first-order valence-corrected chi connectivity index (χ1v) is 6.28. The Morgan fingerprint density at radius 1 is 1.28 bits per heavy atom. The smallest absolute Gasteiger partial charge is 0.409 e. The van der Waals surface area contributed by atoms with Crippen LogP contribution in [0.25, 0.3) is 0 Å². The number of carbonyl (C=O) groups is 1. The molecule has 1 aromatic carbocycles. The molecule has 18 heavy (non-hydrogen) atoms. The van der Waals surface area contributed by atoms with Gasteiger partial charge in [-0.1, -0.05) is 17.7 Å². The molecule has 1 heterocycles. The van der Waals surface area contributed by atoms with E-state index in [9.17, 15) is 4.79 Å². The summed E-state index contributed by atoms with van der Waals surface area (Å²) in [4.78, 5) is 15.6. The highest BCUT2D eigenvalue weighted by Gasteiger charge is 2.27. The van der Waals surface area contributed by atoms with Gasteiger partial charge in [0.25, 0.3) is 0 Å². The lowest BCUT2D eigenvalue weighted by Gasteiger charge is -2.40. The van der Waals surface area contributed by atoms with Gasteiger partial charge in [-0.2, -0.15) is 0 Å². The van der Waals surface area contributed by atoms with E-state index >= 15 is 0 Å². The number of benzene rings is 1. The summed E-state index contributed by atoms with van der Waals surface area (Å²) < 4.78 is 4.76. The van der Waals surface area contributed by atoms with Crippen molar-refractivity contribution in [3.05, 3.63) is 29.8 Å². The third-order valence-corrected chi connectivity index (χ3v) is 3.43. The van der Waals surface area contributed by atoms with Crippen LogP contribution in [0.3, 0.4) is 0 Å². The van der Waals surface area contributed by atoms with Crippen molar-refractivity contribution >= 4 is 11.8 Å². The summed E-state index contributed by atoms with van der Waals surface area (Å²) in [5, 5.41) is 0. The first-order valence-electron chi connectivity index (χ1n) is 6.28. The minimum Gasteiger partial charge on any atom is -0.453 e. The van der Waals surface area contributed by atoms with E-state index in [4.69, 9.17) is 4.74 Å². The Balaban J connectivity index is 2.05. The first kappa shape index (κ1) is 12.7. The SMILES string of the molecule is COC(=O)N1CCN(c2ccc(C)cc2)[C@@H](C)C1. The van der Waals surface area contributed by atoms with Crippen LogP contribution < -0.4 is 4.90 Å². The third-order valence-electron chi connectivity index (χ3n) is 3.43. The van der Waals surface area contributed by atoms with E-state index in [1.165, 1.54) is 18.4 Å². The summed E-state index contributed by atoms with van der Waals surface area (Å²) in [5.41, 5.74) is 2.48. The fourth-order valence-corrected chi connectivity index (χ4v) is 2.37. The van der Waals surface area contributed by atoms with E-state index in [-0.39, 0.29) is 6.09 Å². The van der Waals surface area contributed by atoms with E-state index in [0.29, 0.717) is 19.1 Å². The van der Waals surface area contributed by atoms with Gasteiger partial charge in [0.2, 0.25) is 0 Å². The molecular formula is C14H20N2O2. The Labute approximate surface area is 108 Å².